The second kappa shape index (κ2) is 6.09. The molecule has 0 aliphatic rings. The fraction of sp³-hybridized carbons (Fsp3) is 0.833. The molecular formula is C6H14N2O3. The Morgan fingerprint density at radius 1 is 1.64 bits per heavy atom. The van der Waals surface area contributed by atoms with Crippen molar-refractivity contribution in [1.29, 1.82) is 0 Å². The average molecular weight is 162 g/mol. The van der Waals surface area contributed by atoms with Gasteiger partial charge in [-0.2, -0.15) is 0 Å². The van der Waals surface area contributed by atoms with E-state index in [0.717, 1.165) is 0 Å². The molecule has 0 aliphatic carbocycles. The Balaban J connectivity index is 3.16. The zero-order valence-corrected chi connectivity index (χ0v) is 6.29. The summed E-state index contributed by atoms with van der Waals surface area (Å²) >= 11 is 0. The maximum absolute atomic E-state index is 9.97. The van der Waals surface area contributed by atoms with Crippen molar-refractivity contribution in [2.24, 2.45) is 5.73 Å². The largest absolute Gasteiger partial charge is 0.480 e. The zero-order valence-electron chi connectivity index (χ0n) is 6.29. The molecule has 0 fully saturated rings. The third-order valence-electron chi connectivity index (χ3n) is 1.16. The number of aliphatic carboxylic acids is 1. The predicted octanol–water partition coefficient (Wildman–Crippen LogP) is -1.63. The van der Waals surface area contributed by atoms with Crippen molar-refractivity contribution in [1.82, 2.24) is 5.32 Å². The minimum atomic E-state index is -0.926. The zero-order chi connectivity index (χ0) is 8.69. The maximum Gasteiger partial charge on any atom is 0.317 e. The number of nitrogens with one attached hydrogen (secondary N) is 1. The van der Waals surface area contributed by atoms with Crippen molar-refractivity contribution in [3.8, 4) is 0 Å². The van der Waals surface area contributed by atoms with Gasteiger partial charge < -0.3 is 21.3 Å². The van der Waals surface area contributed by atoms with E-state index in [9.17, 15) is 4.79 Å². The molecule has 0 aliphatic heterocycles. The van der Waals surface area contributed by atoms with E-state index in [-0.39, 0.29) is 13.1 Å². The van der Waals surface area contributed by atoms with Gasteiger partial charge in [0.05, 0.1) is 12.6 Å². The summed E-state index contributed by atoms with van der Waals surface area (Å²) in [6, 6.07) is 0. The van der Waals surface area contributed by atoms with E-state index in [1.807, 2.05) is 0 Å². The molecule has 1 unspecified atom stereocenters. The van der Waals surface area contributed by atoms with Crippen LogP contribution in [0.5, 0.6) is 0 Å². The van der Waals surface area contributed by atoms with Crippen LogP contribution in [0.2, 0.25) is 0 Å². The molecule has 0 bridgehead atoms. The van der Waals surface area contributed by atoms with Crippen LogP contribution in [0.3, 0.4) is 0 Å². The first kappa shape index (κ1) is 10.3. The van der Waals surface area contributed by atoms with Crippen molar-refractivity contribution in [3.63, 3.8) is 0 Å². The Morgan fingerprint density at radius 2 is 2.27 bits per heavy atom. The summed E-state index contributed by atoms with van der Waals surface area (Å²) in [6.07, 6.45) is -0.0496. The topological polar surface area (TPSA) is 95.6 Å². The summed E-state index contributed by atoms with van der Waals surface area (Å²) in [4.78, 5) is 9.97. The SMILES string of the molecule is NCCC(O)CNCC(=O)O. The highest BCUT2D eigenvalue weighted by Crippen LogP contribution is 1.85. The standard InChI is InChI=1S/C6H14N2O3/c7-2-1-5(9)3-8-4-6(10)11/h5,8-9H,1-4,7H2,(H,10,11). The van der Waals surface area contributed by atoms with Crippen LogP contribution in [0.25, 0.3) is 0 Å². The van der Waals surface area contributed by atoms with Crippen LogP contribution in [0.15, 0.2) is 0 Å². The van der Waals surface area contributed by atoms with Crippen LogP contribution >= 0.6 is 0 Å². The number of hydrogen-bond donors (Lipinski definition) is 4. The first-order valence-electron chi connectivity index (χ1n) is 3.47. The Labute approximate surface area is 65.2 Å². The number of nitrogens with two attached hydrogens (primary N) is 1. The second-order valence-corrected chi connectivity index (χ2v) is 2.26. The number of aliphatic hydroxyl groups is 1. The molecule has 0 saturated heterocycles. The summed E-state index contributed by atoms with van der Waals surface area (Å²) in [5.74, 6) is -0.926. The number of aliphatic hydroxyl groups excluding tert-OH is 1. The summed E-state index contributed by atoms with van der Waals surface area (Å²) in [5.41, 5.74) is 5.16. The van der Waals surface area contributed by atoms with Gasteiger partial charge in [-0.3, -0.25) is 4.79 Å². The Morgan fingerprint density at radius 3 is 2.73 bits per heavy atom. The van der Waals surface area contributed by atoms with Crippen LogP contribution < -0.4 is 11.1 Å². The summed E-state index contributed by atoms with van der Waals surface area (Å²) < 4.78 is 0. The Bertz CT molecular complexity index is 118. The van der Waals surface area contributed by atoms with Gasteiger partial charge in [-0.05, 0) is 13.0 Å². The lowest BCUT2D eigenvalue weighted by Gasteiger charge is -2.08. The quantitative estimate of drug-likeness (QED) is 0.376. The normalized spacial score (nSPS) is 12.9. The molecule has 5 heteroatoms. The van der Waals surface area contributed by atoms with Crippen LogP contribution in [-0.2, 0) is 4.79 Å². The van der Waals surface area contributed by atoms with Gasteiger partial charge in [0.2, 0.25) is 0 Å². The minimum absolute atomic E-state index is 0.123. The molecule has 0 radical (unpaired) electrons. The van der Waals surface area contributed by atoms with Crippen molar-refractivity contribution in [3.05, 3.63) is 0 Å². The molecule has 5 N–H and O–H groups in total. The van der Waals surface area contributed by atoms with Crippen LogP contribution in [0.1, 0.15) is 6.42 Å². The molecular weight excluding hydrogens is 148 g/mol. The van der Waals surface area contributed by atoms with E-state index in [4.69, 9.17) is 15.9 Å². The van der Waals surface area contributed by atoms with Gasteiger partial charge in [-0.25, -0.2) is 0 Å². The number of carbonyl (C=O) groups is 1. The molecule has 0 spiro atoms. The first-order valence-corrected chi connectivity index (χ1v) is 3.47. The summed E-state index contributed by atoms with van der Waals surface area (Å²) in [7, 11) is 0. The van der Waals surface area contributed by atoms with Crippen molar-refractivity contribution < 1.29 is 15.0 Å². The molecule has 0 aromatic carbocycles. The highest BCUT2D eigenvalue weighted by atomic mass is 16.4. The van der Waals surface area contributed by atoms with Gasteiger partial charge in [0, 0.05) is 6.54 Å². The predicted molar refractivity (Wildman–Crippen MR) is 40.2 cm³/mol. The van der Waals surface area contributed by atoms with Gasteiger partial charge in [0.1, 0.15) is 0 Å². The second-order valence-electron chi connectivity index (χ2n) is 2.26. The third kappa shape index (κ3) is 7.24. The average Bonchev–Trinajstić information content (AvgIpc) is 1.87. The van der Waals surface area contributed by atoms with E-state index < -0.39 is 12.1 Å². The van der Waals surface area contributed by atoms with E-state index in [2.05, 4.69) is 5.32 Å². The van der Waals surface area contributed by atoms with Gasteiger partial charge in [-0.15, -0.1) is 0 Å². The number of carboxylic acids is 1. The van der Waals surface area contributed by atoms with Gasteiger partial charge in [0.25, 0.3) is 0 Å². The van der Waals surface area contributed by atoms with Gasteiger partial charge >= 0.3 is 5.97 Å². The molecule has 0 saturated carbocycles. The minimum Gasteiger partial charge on any atom is -0.480 e. The van der Waals surface area contributed by atoms with Crippen LogP contribution in [0.4, 0.5) is 0 Å². The smallest absolute Gasteiger partial charge is 0.317 e. The Hall–Kier alpha value is -0.650. The fourth-order valence-corrected chi connectivity index (χ4v) is 0.640. The van der Waals surface area contributed by atoms with Gasteiger partial charge in [-0.1, -0.05) is 0 Å². The molecule has 11 heavy (non-hydrogen) atoms. The lowest BCUT2D eigenvalue weighted by atomic mass is 10.2. The monoisotopic (exact) mass is 162 g/mol. The molecule has 0 rings (SSSR count). The van der Waals surface area contributed by atoms with E-state index in [1.54, 1.807) is 0 Å². The molecule has 0 amide bonds. The number of rotatable bonds is 6. The van der Waals surface area contributed by atoms with E-state index in [0.29, 0.717) is 13.0 Å². The molecule has 0 aromatic rings. The van der Waals surface area contributed by atoms with Crippen molar-refractivity contribution >= 4 is 5.97 Å². The molecule has 0 heterocycles. The van der Waals surface area contributed by atoms with Crippen LogP contribution in [0, 0.1) is 0 Å². The first-order chi connectivity index (χ1) is 5.16. The fourth-order valence-electron chi connectivity index (χ4n) is 0.640. The van der Waals surface area contributed by atoms with Crippen molar-refractivity contribution in [2.45, 2.75) is 12.5 Å². The number of hydrogen-bond acceptors (Lipinski definition) is 4. The van der Waals surface area contributed by atoms with E-state index >= 15 is 0 Å². The summed E-state index contributed by atoms with van der Waals surface area (Å²) in [5, 5.41) is 19.8. The lowest BCUT2D eigenvalue weighted by Crippen LogP contribution is -2.32. The van der Waals surface area contributed by atoms with Crippen LogP contribution in [-0.4, -0.2) is 41.9 Å². The third-order valence-corrected chi connectivity index (χ3v) is 1.16. The maximum atomic E-state index is 9.97. The molecule has 0 aromatic heterocycles. The highest BCUT2D eigenvalue weighted by molar-refractivity contribution is 5.68. The van der Waals surface area contributed by atoms with Crippen molar-refractivity contribution in [2.75, 3.05) is 19.6 Å². The number of carboxylic acid groups (broad SMARTS) is 1. The summed E-state index contributed by atoms with van der Waals surface area (Å²) in [6.45, 7) is 0.570. The van der Waals surface area contributed by atoms with E-state index in [1.165, 1.54) is 0 Å². The molecule has 66 valence electrons. The Kier molecular flexibility index (Phi) is 5.73. The highest BCUT2D eigenvalue weighted by Gasteiger charge is 2.02. The molecule has 5 nitrogen and oxygen atoms in total. The lowest BCUT2D eigenvalue weighted by molar-refractivity contribution is -0.136. The van der Waals surface area contributed by atoms with Gasteiger partial charge in [0.15, 0.2) is 0 Å². The molecule has 1 atom stereocenters.